The zero-order chi connectivity index (χ0) is 11.0. The van der Waals surface area contributed by atoms with E-state index in [1.54, 1.807) is 0 Å². The lowest BCUT2D eigenvalue weighted by Crippen LogP contribution is -2.40. The lowest BCUT2D eigenvalue weighted by atomic mass is 10.4. The molecule has 0 saturated carbocycles. The lowest BCUT2D eigenvalue weighted by molar-refractivity contribution is 0.578. The van der Waals surface area contributed by atoms with Crippen LogP contribution in [0.15, 0.2) is 28.6 Å². The Hall–Kier alpha value is -2.15. The molecule has 0 aliphatic heterocycles. The molecule has 2 heterocycles. The first kappa shape index (κ1) is 9.41. The minimum atomic E-state index is -0.853. The number of nitrogens with two attached hydrogens (primary N) is 1. The van der Waals surface area contributed by atoms with Gasteiger partial charge in [-0.3, -0.25) is 9.78 Å². The Morgan fingerprint density at radius 2 is 2.33 bits per heavy atom. The van der Waals surface area contributed by atoms with Crippen LogP contribution < -0.4 is 17.0 Å². The molecule has 0 radical (unpaired) electrons. The molecule has 0 amide bonds. The lowest BCUT2D eigenvalue weighted by Gasteiger charge is -2.07. The van der Waals surface area contributed by atoms with Crippen molar-refractivity contribution >= 4 is 11.2 Å². The zero-order valence-electron chi connectivity index (χ0n) is 7.73. The predicted molar refractivity (Wildman–Crippen MR) is 54.4 cm³/mol. The van der Waals surface area contributed by atoms with Gasteiger partial charge in [-0.1, -0.05) is 12.7 Å². The highest BCUT2D eigenvalue weighted by Gasteiger charge is 2.12. The maximum absolute atomic E-state index is 11.8. The monoisotopic (exact) mass is 207 g/mol. The number of H-pyrrole nitrogens is 2. The van der Waals surface area contributed by atoms with Gasteiger partial charge in [0.05, 0.1) is 6.33 Å². The number of rotatable bonds is 2. The van der Waals surface area contributed by atoms with E-state index in [9.17, 15) is 9.59 Å². The number of aromatic nitrogens is 4. The van der Waals surface area contributed by atoms with Gasteiger partial charge in [-0.25, -0.2) is 14.3 Å². The molecular formula is C8H9N5O2. The van der Waals surface area contributed by atoms with Crippen molar-refractivity contribution in [3.05, 3.63) is 39.8 Å². The predicted octanol–water partition coefficient (Wildman–Crippen LogP) is -0.944. The Kier molecular flexibility index (Phi) is 2.01. The minimum absolute atomic E-state index is 0.215. The summed E-state index contributed by atoms with van der Waals surface area (Å²) >= 11 is 0. The van der Waals surface area contributed by atoms with E-state index >= 15 is 0 Å². The van der Waals surface area contributed by atoms with Gasteiger partial charge in [0.2, 0.25) is 0 Å². The number of aromatic amines is 2. The van der Waals surface area contributed by atoms with E-state index in [2.05, 4.69) is 21.5 Å². The first-order chi connectivity index (χ1) is 7.15. The topological polar surface area (TPSA) is 110 Å². The Morgan fingerprint density at radius 3 is 3.00 bits per heavy atom. The maximum Gasteiger partial charge on any atom is 0.331 e. The molecule has 7 nitrogen and oxygen atoms in total. The average molecular weight is 207 g/mol. The van der Waals surface area contributed by atoms with Crippen LogP contribution in [0.2, 0.25) is 0 Å². The van der Waals surface area contributed by atoms with Crippen molar-refractivity contribution < 1.29 is 0 Å². The van der Waals surface area contributed by atoms with Gasteiger partial charge in [-0.2, -0.15) is 0 Å². The Bertz CT molecular complexity index is 620. The van der Waals surface area contributed by atoms with Crippen molar-refractivity contribution in [2.45, 2.75) is 6.17 Å². The van der Waals surface area contributed by atoms with E-state index < -0.39 is 17.4 Å². The van der Waals surface area contributed by atoms with Crippen molar-refractivity contribution in [1.29, 1.82) is 0 Å². The summed E-state index contributed by atoms with van der Waals surface area (Å²) < 4.78 is 0.869. The third kappa shape index (κ3) is 1.29. The van der Waals surface area contributed by atoms with Crippen molar-refractivity contribution in [3.8, 4) is 0 Å². The van der Waals surface area contributed by atoms with Gasteiger partial charge in [0.15, 0.2) is 5.65 Å². The largest absolute Gasteiger partial charge is 0.339 e. The van der Waals surface area contributed by atoms with Crippen LogP contribution in [0.3, 0.4) is 0 Å². The van der Waals surface area contributed by atoms with Gasteiger partial charge in [-0.05, 0) is 0 Å². The van der Waals surface area contributed by atoms with Crippen molar-refractivity contribution in [2.75, 3.05) is 0 Å². The van der Waals surface area contributed by atoms with Gasteiger partial charge in [0.25, 0.3) is 5.56 Å². The van der Waals surface area contributed by atoms with E-state index in [1.807, 2.05) is 0 Å². The third-order valence-electron chi connectivity index (χ3n) is 2.06. The number of hydrogen-bond acceptors (Lipinski definition) is 4. The minimum Gasteiger partial charge on any atom is -0.339 e. The second-order valence-corrected chi connectivity index (χ2v) is 2.96. The highest BCUT2D eigenvalue weighted by atomic mass is 16.2. The van der Waals surface area contributed by atoms with Crippen molar-refractivity contribution in [2.24, 2.45) is 5.73 Å². The van der Waals surface area contributed by atoms with Crippen LogP contribution in [0.25, 0.3) is 11.2 Å². The highest BCUT2D eigenvalue weighted by molar-refractivity contribution is 5.67. The van der Waals surface area contributed by atoms with E-state index in [1.165, 1.54) is 12.4 Å². The van der Waals surface area contributed by atoms with E-state index in [4.69, 9.17) is 5.73 Å². The third-order valence-corrected chi connectivity index (χ3v) is 2.06. The maximum atomic E-state index is 11.8. The van der Waals surface area contributed by atoms with Crippen molar-refractivity contribution in [3.63, 3.8) is 0 Å². The molecule has 0 fully saturated rings. The van der Waals surface area contributed by atoms with E-state index in [-0.39, 0.29) is 11.2 Å². The van der Waals surface area contributed by atoms with Crippen LogP contribution in [-0.2, 0) is 0 Å². The van der Waals surface area contributed by atoms with Crippen LogP contribution in [0.1, 0.15) is 6.17 Å². The summed E-state index contributed by atoms with van der Waals surface area (Å²) in [7, 11) is 0. The van der Waals surface area contributed by atoms with E-state index in [0.29, 0.717) is 0 Å². The number of nitrogens with zero attached hydrogens (tertiary/aromatic N) is 2. The van der Waals surface area contributed by atoms with Crippen LogP contribution in [0.5, 0.6) is 0 Å². The molecule has 4 N–H and O–H groups in total. The molecule has 15 heavy (non-hydrogen) atoms. The van der Waals surface area contributed by atoms with Crippen molar-refractivity contribution in [1.82, 2.24) is 19.5 Å². The van der Waals surface area contributed by atoms with Gasteiger partial charge in [-0.15, -0.1) is 0 Å². The van der Waals surface area contributed by atoms with Crippen LogP contribution in [0.4, 0.5) is 0 Å². The molecular weight excluding hydrogens is 198 g/mol. The first-order valence-corrected chi connectivity index (χ1v) is 4.21. The molecule has 1 unspecified atom stereocenters. The fourth-order valence-electron chi connectivity index (χ4n) is 1.30. The van der Waals surface area contributed by atoms with Crippen LogP contribution >= 0.6 is 0 Å². The van der Waals surface area contributed by atoms with E-state index in [0.717, 1.165) is 4.57 Å². The normalized spacial score (nSPS) is 12.9. The molecule has 0 bridgehead atoms. The molecule has 1 atom stereocenters. The summed E-state index contributed by atoms with van der Waals surface area (Å²) in [6, 6.07) is 0. The van der Waals surface area contributed by atoms with Crippen LogP contribution in [0, 0.1) is 0 Å². The average Bonchev–Trinajstić information content (AvgIpc) is 2.65. The molecule has 0 aliphatic rings. The van der Waals surface area contributed by atoms with Gasteiger partial charge < -0.3 is 10.7 Å². The fourth-order valence-corrected chi connectivity index (χ4v) is 1.30. The molecule has 2 aromatic heterocycles. The molecule has 2 rings (SSSR count). The number of imidazole rings is 1. The highest BCUT2D eigenvalue weighted by Crippen LogP contribution is 1.97. The molecule has 2 aromatic rings. The second-order valence-electron chi connectivity index (χ2n) is 2.96. The summed E-state index contributed by atoms with van der Waals surface area (Å²) in [5, 5.41) is 0. The zero-order valence-corrected chi connectivity index (χ0v) is 7.73. The molecule has 0 aliphatic carbocycles. The quantitative estimate of drug-likeness (QED) is 0.552. The Labute approximate surface area is 83.3 Å². The Morgan fingerprint density at radius 1 is 1.60 bits per heavy atom. The first-order valence-electron chi connectivity index (χ1n) is 4.21. The molecule has 0 saturated heterocycles. The fraction of sp³-hybridized carbons (Fsp3) is 0.125. The summed E-state index contributed by atoms with van der Waals surface area (Å²) in [6.07, 6.45) is 1.78. The van der Waals surface area contributed by atoms with Gasteiger partial charge in [0.1, 0.15) is 11.7 Å². The smallest absolute Gasteiger partial charge is 0.331 e. The standard InChI is InChI=1S/C8H9N5O2/c1-2-4(9)13-7(14)5-6(11-3-10-5)12-8(13)15/h2-4H,1,9H2,(H,10,11)(H,12,15). The molecule has 7 heteroatoms. The molecule has 0 spiro atoms. The summed E-state index contributed by atoms with van der Waals surface area (Å²) in [6.45, 7) is 3.42. The van der Waals surface area contributed by atoms with Crippen LogP contribution in [-0.4, -0.2) is 19.5 Å². The summed E-state index contributed by atoms with van der Waals surface area (Å²) in [5.74, 6) is 0. The number of fused-ring (bicyclic) bond motifs is 1. The van der Waals surface area contributed by atoms with Gasteiger partial charge >= 0.3 is 5.69 Å². The SMILES string of the molecule is C=CC(N)n1c(=O)[nH]c2nc[nH]c2c1=O. The number of hydrogen-bond donors (Lipinski definition) is 3. The molecule has 78 valence electrons. The van der Waals surface area contributed by atoms with Gasteiger partial charge in [0, 0.05) is 0 Å². The summed E-state index contributed by atoms with van der Waals surface area (Å²) in [4.78, 5) is 32.1. The second kappa shape index (κ2) is 3.21. The molecule has 0 aromatic carbocycles. The Balaban J connectivity index is 2.90. The number of nitrogens with one attached hydrogen (secondary N) is 2. The summed E-state index contributed by atoms with van der Waals surface area (Å²) in [5.41, 5.74) is 4.86.